The lowest BCUT2D eigenvalue weighted by molar-refractivity contribution is 0.136. The van der Waals surface area contributed by atoms with Gasteiger partial charge in [0.05, 0.1) is 0 Å². The van der Waals surface area contributed by atoms with Crippen LogP contribution in [0.5, 0.6) is 0 Å². The van der Waals surface area contributed by atoms with E-state index in [2.05, 4.69) is 73.3 Å². The maximum Gasteiger partial charge on any atom is 0.0453 e. The summed E-state index contributed by atoms with van der Waals surface area (Å²) in [5, 5.41) is 3.78. The van der Waals surface area contributed by atoms with Crippen molar-refractivity contribution >= 4 is 0 Å². The lowest BCUT2D eigenvalue weighted by Crippen LogP contribution is -2.49. The zero-order valence-corrected chi connectivity index (χ0v) is 13.4. The summed E-state index contributed by atoms with van der Waals surface area (Å²) in [6, 6.07) is 11.2. The molecular weight excluding hydrogens is 246 g/mol. The molecule has 0 bridgehead atoms. The van der Waals surface area contributed by atoms with E-state index in [1.807, 2.05) is 0 Å². The van der Waals surface area contributed by atoms with Gasteiger partial charge in [-0.3, -0.25) is 4.90 Å². The van der Waals surface area contributed by atoms with Crippen molar-refractivity contribution in [3.63, 3.8) is 0 Å². The SMILES string of the molecule is CN1CCN(C[C@H](NC(C)(C)C)c2ccccc2)CC1. The lowest BCUT2D eigenvalue weighted by atomic mass is 10.0. The van der Waals surface area contributed by atoms with Crippen LogP contribution in [0.1, 0.15) is 32.4 Å². The Morgan fingerprint density at radius 2 is 1.65 bits per heavy atom. The summed E-state index contributed by atoms with van der Waals surface area (Å²) in [5.74, 6) is 0. The van der Waals surface area contributed by atoms with Crippen LogP contribution in [0.2, 0.25) is 0 Å². The first-order valence-corrected chi connectivity index (χ1v) is 7.67. The summed E-state index contributed by atoms with van der Waals surface area (Å²) in [6.45, 7) is 12.5. The molecule has 0 spiro atoms. The van der Waals surface area contributed by atoms with E-state index in [1.54, 1.807) is 0 Å². The number of likely N-dealkylation sites (N-methyl/N-ethyl adjacent to an activating group) is 1. The highest BCUT2D eigenvalue weighted by Gasteiger charge is 2.23. The third-order valence-corrected chi connectivity index (χ3v) is 3.85. The van der Waals surface area contributed by atoms with Gasteiger partial charge in [0.2, 0.25) is 0 Å². The Morgan fingerprint density at radius 1 is 1.05 bits per heavy atom. The summed E-state index contributed by atoms with van der Waals surface area (Å²) in [5.41, 5.74) is 1.52. The van der Waals surface area contributed by atoms with Gasteiger partial charge >= 0.3 is 0 Å². The molecule has 1 aromatic rings. The molecule has 1 saturated heterocycles. The predicted molar refractivity (Wildman–Crippen MR) is 86.0 cm³/mol. The molecule has 1 aliphatic rings. The first-order chi connectivity index (χ1) is 9.44. The van der Waals surface area contributed by atoms with Crippen LogP contribution in [0.4, 0.5) is 0 Å². The van der Waals surface area contributed by atoms with E-state index >= 15 is 0 Å². The van der Waals surface area contributed by atoms with Crippen molar-refractivity contribution in [1.82, 2.24) is 15.1 Å². The Morgan fingerprint density at radius 3 is 2.20 bits per heavy atom. The zero-order valence-electron chi connectivity index (χ0n) is 13.4. The maximum absolute atomic E-state index is 3.78. The van der Waals surface area contributed by atoms with Gasteiger partial charge in [-0.2, -0.15) is 0 Å². The Balaban J connectivity index is 2.03. The second-order valence-corrected chi connectivity index (χ2v) is 6.96. The minimum Gasteiger partial charge on any atom is -0.304 e. The Kier molecular flexibility index (Phi) is 5.19. The molecule has 3 heteroatoms. The molecule has 1 N–H and O–H groups in total. The van der Waals surface area contributed by atoms with E-state index in [0.717, 1.165) is 6.54 Å². The van der Waals surface area contributed by atoms with Crippen molar-refractivity contribution in [2.45, 2.75) is 32.4 Å². The van der Waals surface area contributed by atoms with Crippen molar-refractivity contribution in [1.29, 1.82) is 0 Å². The number of benzene rings is 1. The third-order valence-electron chi connectivity index (χ3n) is 3.85. The van der Waals surface area contributed by atoms with Gasteiger partial charge in [-0.05, 0) is 33.4 Å². The highest BCUT2D eigenvalue weighted by molar-refractivity contribution is 5.19. The fourth-order valence-electron chi connectivity index (χ4n) is 2.73. The van der Waals surface area contributed by atoms with Crippen molar-refractivity contribution in [2.75, 3.05) is 39.8 Å². The first kappa shape index (κ1) is 15.5. The van der Waals surface area contributed by atoms with Crippen LogP contribution in [0.15, 0.2) is 30.3 Å². The fraction of sp³-hybridized carbons (Fsp3) is 0.647. The number of nitrogens with zero attached hydrogens (tertiary/aromatic N) is 2. The molecule has 2 rings (SSSR count). The van der Waals surface area contributed by atoms with Crippen LogP contribution in [0.3, 0.4) is 0 Å². The van der Waals surface area contributed by atoms with Crippen molar-refractivity contribution in [3.8, 4) is 0 Å². The number of hydrogen-bond acceptors (Lipinski definition) is 3. The molecule has 1 atom stereocenters. The second-order valence-electron chi connectivity index (χ2n) is 6.96. The molecule has 112 valence electrons. The van der Waals surface area contributed by atoms with E-state index in [9.17, 15) is 0 Å². The van der Waals surface area contributed by atoms with E-state index in [0.29, 0.717) is 6.04 Å². The molecule has 0 radical (unpaired) electrons. The van der Waals surface area contributed by atoms with Crippen LogP contribution < -0.4 is 5.32 Å². The minimum atomic E-state index is 0.132. The van der Waals surface area contributed by atoms with Crippen molar-refractivity contribution in [3.05, 3.63) is 35.9 Å². The molecule has 0 amide bonds. The molecule has 0 aromatic heterocycles. The Labute approximate surface area is 124 Å². The Bertz CT molecular complexity index is 388. The van der Waals surface area contributed by atoms with Crippen LogP contribution in [-0.2, 0) is 0 Å². The summed E-state index contributed by atoms with van der Waals surface area (Å²) < 4.78 is 0. The monoisotopic (exact) mass is 275 g/mol. The predicted octanol–water partition coefficient (Wildman–Crippen LogP) is 2.36. The van der Waals surface area contributed by atoms with Crippen LogP contribution >= 0.6 is 0 Å². The smallest absolute Gasteiger partial charge is 0.0453 e. The van der Waals surface area contributed by atoms with Gasteiger partial charge in [0.25, 0.3) is 0 Å². The average Bonchev–Trinajstić information content (AvgIpc) is 2.40. The van der Waals surface area contributed by atoms with Crippen molar-refractivity contribution in [2.24, 2.45) is 0 Å². The van der Waals surface area contributed by atoms with E-state index in [1.165, 1.54) is 31.7 Å². The topological polar surface area (TPSA) is 18.5 Å². The Hall–Kier alpha value is -0.900. The summed E-state index contributed by atoms with van der Waals surface area (Å²) in [6.07, 6.45) is 0. The number of rotatable bonds is 4. The lowest BCUT2D eigenvalue weighted by Gasteiger charge is -2.37. The highest BCUT2D eigenvalue weighted by Crippen LogP contribution is 2.18. The quantitative estimate of drug-likeness (QED) is 0.910. The summed E-state index contributed by atoms with van der Waals surface area (Å²) in [4.78, 5) is 4.99. The molecule has 1 fully saturated rings. The zero-order chi connectivity index (χ0) is 14.6. The van der Waals surface area contributed by atoms with E-state index in [4.69, 9.17) is 0 Å². The van der Waals surface area contributed by atoms with E-state index in [-0.39, 0.29) is 5.54 Å². The third kappa shape index (κ3) is 4.89. The van der Waals surface area contributed by atoms with Gasteiger partial charge in [0.15, 0.2) is 0 Å². The molecule has 3 nitrogen and oxygen atoms in total. The molecule has 0 saturated carbocycles. The molecular formula is C17H29N3. The second kappa shape index (κ2) is 6.70. The molecule has 0 aliphatic carbocycles. The van der Waals surface area contributed by atoms with Gasteiger partial charge in [0.1, 0.15) is 0 Å². The molecule has 1 heterocycles. The van der Waals surface area contributed by atoms with Gasteiger partial charge in [-0.15, -0.1) is 0 Å². The minimum absolute atomic E-state index is 0.132. The number of piperazine rings is 1. The van der Waals surface area contributed by atoms with Crippen molar-refractivity contribution < 1.29 is 0 Å². The summed E-state index contributed by atoms with van der Waals surface area (Å²) in [7, 11) is 2.21. The molecule has 1 aliphatic heterocycles. The van der Waals surface area contributed by atoms with Gasteiger partial charge in [-0.1, -0.05) is 30.3 Å². The number of nitrogens with one attached hydrogen (secondary N) is 1. The van der Waals surface area contributed by atoms with Gasteiger partial charge < -0.3 is 10.2 Å². The molecule has 1 aromatic carbocycles. The van der Waals surface area contributed by atoms with Crippen LogP contribution in [0, 0.1) is 0 Å². The summed E-state index contributed by atoms with van der Waals surface area (Å²) >= 11 is 0. The fourth-order valence-corrected chi connectivity index (χ4v) is 2.73. The number of hydrogen-bond donors (Lipinski definition) is 1. The molecule has 20 heavy (non-hydrogen) atoms. The first-order valence-electron chi connectivity index (χ1n) is 7.67. The largest absolute Gasteiger partial charge is 0.304 e. The van der Waals surface area contributed by atoms with Crippen LogP contribution in [0.25, 0.3) is 0 Å². The van der Waals surface area contributed by atoms with Crippen LogP contribution in [-0.4, -0.2) is 55.1 Å². The highest BCUT2D eigenvalue weighted by atomic mass is 15.3. The average molecular weight is 275 g/mol. The standard InChI is InChI=1S/C17H29N3/c1-17(2,3)18-16(15-8-6-5-7-9-15)14-20-12-10-19(4)11-13-20/h5-9,16,18H,10-14H2,1-4H3/t16-/m0/s1. The maximum atomic E-state index is 3.78. The molecule has 0 unspecified atom stereocenters. The van der Waals surface area contributed by atoms with Gasteiger partial charge in [-0.25, -0.2) is 0 Å². The van der Waals surface area contributed by atoms with Gasteiger partial charge in [0, 0.05) is 44.3 Å². The normalized spacial score (nSPS) is 20.0. The van der Waals surface area contributed by atoms with E-state index < -0.39 is 0 Å².